The van der Waals surface area contributed by atoms with Gasteiger partial charge in [0.2, 0.25) is 5.91 Å². The number of carboxylic acids is 1. The molecule has 2 aromatic carbocycles. The molecule has 1 unspecified atom stereocenters. The molecule has 3 saturated heterocycles. The summed E-state index contributed by atoms with van der Waals surface area (Å²) in [5.41, 5.74) is -1.19. The number of β-lactam (4-membered cyclic amide) rings is 1. The third-order valence-corrected chi connectivity index (χ3v) is 9.77. The van der Waals surface area contributed by atoms with E-state index >= 15 is 0 Å². The average molecular weight is 664 g/mol. The zero-order chi connectivity index (χ0) is 32.8. The Morgan fingerprint density at radius 3 is 2.30 bits per heavy atom. The van der Waals surface area contributed by atoms with Gasteiger partial charge < -0.3 is 45.7 Å². The van der Waals surface area contributed by atoms with Crippen molar-refractivity contribution in [2.45, 2.75) is 48.1 Å². The molecule has 3 aliphatic heterocycles. The number of carboxylic acid groups (broad SMARTS) is 1. The fourth-order valence-corrected chi connectivity index (χ4v) is 7.44. The molecule has 5 N–H and O–H groups in total. The summed E-state index contributed by atoms with van der Waals surface area (Å²) in [6.45, 7) is 1.99. The van der Waals surface area contributed by atoms with Crippen LogP contribution in [0.1, 0.15) is 31.0 Å². The minimum absolute atomic E-state index is 0. The largest absolute Gasteiger partial charge is 1.00 e. The maximum atomic E-state index is 13.7. The van der Waals surface area contributed by atoms with Crippen LogP contribution < -0.4 is 45.3 Å². The molecule has 0 spiro atoms. The van der Waals surface area contributed by atoms with Crippen molar-refractivity contribution in [1.29, 1.82) is 0 Å². The number of nitrogens with zero attached hydrogens (tertiary/aromatic N) is 3. The number of nitrogens with one attached hydrogen (secondary N) is 2. The number of fused-ring (bicyclic) bond motifs is 1. The Hall–Kier alpha value is -3.83. The quantitative estimate of drug-likeness (QED) is 0.0783. The van der Waals surface area contributed by atoms with Gasteiger partial charge in [0.05, 0.1) is 18.6 Å². The summed E-state index contributed by atoms with van der Waals surface area (Å²) in [7, 11) is 0. The molecule has 0 radical (unpaired) electrons. The molecule has 4 atom stereocenters. The second-order valence-electron chi connectivity index (χ2n) is 11.4. The van der Waals surface area contributed by atoms with E-state index in [0.717, 1.165) is 16.7 Å². The number of hydrogen-bond acceptors (Lipinski definition) is 11. The molecule has 0 bridgehead atoms. The van der Waals surface area contributed by atoms with Crippen molar-refractivity contribution < 1.29 is 78.8 Å². The van der Waals surface area contributed by atoms with Gasteiger partial charge in [0, 0.05) is 24.4 Å². The predicted molar refractivity (Wildman–Crippen MR) is 154 cm³/mol. The van der Waals surface area contributed by atoms with E-state index < -0.39 is 75.7 Å². The number of carbonyl (C=O) groups is 6. The molecule has 3 aliphatic rings. The van der Waals surface area contributed by atoms with Crippen molar-refractivity contribution in [1.82, 2.24) is 25.3 Å². The zero-order valence-corrected chi connectivity index (χ0v) is 27.9. The minimum atomic E-state index is -1.89. The van der Waals surface area contributed by atoms with E-state index in [2.05, 4.69) is 10.6 Å². The number of aliphatic hydroxyl groups is 1. The Morgan fingerprint density at radius 2 is 1.70 bits per heavy atom. The van der Waals surface area contributed by atoms with Crippen LogP contribution in [0.4, 0.5) is 4.79 Å². The van der Waals surface area contributed by atoms with E-state index in [1.165, 1.54) is 35.2 Å². The summed E-state index contributed by atoms with van der Waals surface area (Å²) in [6, 6.07) is 7.97. The molecule has 17 heteroatoms. The first-order valence-corrected chi connectivity index (χ1v) is 14.7. The molecular formula is C29H30N5NaO10S. The molecule has 3 heterocycles. The Kier molecular flexibility index (Phi) is 9.99. The monoisotopic (exact) mass is 663 g/mol. The maximum Gasteiger partial charge on any atom is 1.00 e. The van der Waals surface area contributed by atoms with Crippen LogP contribution in [-0.4, -0.2) is 107 Å². The minimum Gasteiger partial charge on any atom is -0.548 e. The van der Waals surface area contributed by atoms with Crippen molar-refractivity contribution >= 4 is 47.4 Å². The Morgan fingerprint density at radius 1 is 1.02 bits per heavy atom. The Bertz CT molecular complexity index is 1590. The summed E-state index contributed by atoms with van der Waals surface area (Å²) >= 11 is 1.08. The van der Waals surface area contributed by atoms with E-state index in [9.17, 15) is 49.2 Å². The maximum absolute atomic E-state index is 13.7. The summed E-state index contributed by atoms with van der Waals surface area (Å²) < 4.78 is -0.994. The van der Waals surface area contributed by atoms with Crippen LogP contribution in [0.3, 0.4) is 0 Å². The Balaban J connectivity index is 0.00000480. The van der Waals surface area contributed by atoms with Gasteiger partial charge in [-0.2, -0.15) is 0 Å². The molecule has 6 amide bonds. The number of hydrogen-bond donors (Lipinski definition) is 5. The number of amides is 6. The number of carbonyl (C=O) groups excluding carboxylic acids is 6. The molecule has 46 heavy (non-hydrogen) atoms. The zero-order valence-electron chi connectivity index (χ0n) is 25.1. The van der Waals surface area contributed by atoms with Crippen LogP contribution in [0.25, 0.3) is 0 Å². The topological polar surface area (TPSA) is 220 Å². The number of phenols is 2. The van der Waals surface area contributed by atoms with Gasteiger partial charge in [0.25, 0.3) is 5.91 Å². The van der Waals surface area contributed by atoms with E-state index in [1.807, 2.05) is 0 Å². The first-order chi connectivity index (χ1) is 21.2. The van der Waals surface area contributed by atoms with Crippen molar-refractivity contribution in [2.24, 2.45) is 0 Å². The molecule has 0 aromatic heterocycles. The van der Waals surface area contributed by atoms with Crippen LogP contribution in [0.2, 0.25) is 0 Å². The number of aromatic hydroxyl groups is 2. The van der Waals surface area contributed by atoms with Gasteiger partial charge in [0.15, 0.2) is 17.0 Å². The van der Waals surface area contributed by atoms with Crippen LogP contribution in [-0.2, 0) is 30.5 Å². The first kappa shape index (κ1) is 35.0. The third kappa shape index (κ3) is 6.02. The van der Waals surface area contributed by atoms with Crippen LogP contribution in [0.15, 0.2) is 48.5 Å². The number of aliphatic carboxylic acids is 1. The molecule has 15 nitrogen and oxygen atoms in total. The van der Waals surface area contributed by atoms with E-state index in [1.54, 1.807) is 32.0 Å². The average Bonchev–Trinajstić information content (AvgIpc) is 3.27. The van der Waals surface area contributed by atoms with Gasteiger partial charge >= 0.3 is 47.4 Å². The molecule has 0 saturated carbocycles. The van der Waals surface area contributed by atoms with Gasteiger partial charge in [-0.3, -0.25) is 24.1 Å². The van der Waals surface area contributed by atoms with E-state index in [0.29, 0.717) is 10.5 Å². The molecular weight excluding hydrogens is 633 g/mol. The summed E-state index contributed by atoms with van der Waals surface area (Å²) in [5, 5.41) is 45.4. The number of piperazine rings is 1. The van der Waals surface area contributed by atoms with Crippen LogP contribution in [0.5, 0.6) is 11.5 Å². The molecule has 2 aromatic rings. The smallest absolute Gasteiger partial charge is 0.548 e. The second kappa shape index (κ2) is 13.1. The number of phenolic OH excluding ortho intramolecular Hbond substituents is 2. The number of benzene rings is 2. The predicted octanol–water partition coefficient (Wildman–Crippen LogP) is -4.62. The standard InChI is InChI=1S/C29H31N5O10S.Na/c1-28(2)20(24(41)42)34-25(43)29(14-35,26(34)45-28)31-21(38)19(16-6-4-3-5-7-16)30-27(44)33-11-10-32(22(39)23(33)40)13-15-8-9-17(36)18(37)12-15;/h3-9,12,19-20,26,35-37H,10-11,13-14H2,1-2H3,(H,30,44)(H,31,38)(H,41,42);/q;+1/p-1/t19?,20-,26+,29+;/m0./s1. The van der Waals surface area contributed by atoms with Crippen molar-refractivity contribution in [3.63, 3.8) is 0 Å². The van der Waals surface area contributed by atoms with Gasteiger partial charge in [-0.1, -0.05) is 36.4 Å². The first-order valence-electron chi connectivity index (χ1n) is 13.8. The number of thioether (sulfide) groups is 1. The molecule has 238 valence electrons. The summed E-state index contributed by atoms with van der Waals surface area (Å²) in [5.74, 6) is -6.14. The van der Waals surface area contributed by atoms with Crippen LogP contribution >= 0.6 is 11.8 Å². The van der Waals surface area contributed by atoms with E-state index in [-0.39, 0.29) is 60.5 Å². The SMILES string of the molecule is CC1(C)S[C@H]2N(C(=O)[C@@]2(CO)NC(=O)C(NC(=O)N2CCN(Cc3ccc(O)c(O)c3)C(=O)C2=O)c2ccccc2)[C@H]1C(=O)[O-].[Na+]. The number of rotatable bonds is 8. The van der Waals surface area contributed by atoms with Gasteiger partial charge in [-0.15, -0.1) is 11.8 Å². The third-order valence-electron chi connectivity index (χ3n) is 8.09. The normalized spacial score (nSPS) is 24.0. The molecule has 5 rings (SSSR count). The number of urea groups is 1. The second-order valence-corrected chi connectivity index (χ2v) is 13.2. The molecule has 0 aliphatic carbocycles. The van der Waals surface area contributed by atoms with Crippen molar-refractivity contribution in [2.75, 3.05) is 19.7 Å². The number of imide groups is 1. The molecule has 3 fully saturated rings. The summed E-state index contributed by atoms with van der Waals surface area (Å²) in [4.78, 5) is 80.9. The Labute approximate surface area is 289 Å². The van der Waals surface area contributed by atoms with Crippen LogP contribution in [0, 0.1) is 0 Å². The van der Waals surface area contributed by atoms with Crippen molar-refractivity contribution in [3.8, 4) is 11.5 Å². The summed E-state index contributed by atoms with van der Waals surface area (Å²) in [6.07, 6.45) is 0. The van der Waals surface area contributed by atoms with Crippen molar-refractivity contribution in [3.05, 3.63) is 59.7 Å². The van der Waals surface area contributed by atoms with Gasteiger partial charge in [-0.25, -0.2) is 4.79 Å². The fourth-order valence-electron chi connectivity index (χ4n) is 5.75. The van der Waals surface area contributed by atoms with Gasteiger partial charge in [0.1, 0.15) is 11.4 Å². The van der Waals surface area contributed by atoms with Gasteiger partial charge in [-0.05, 0) is 37.1 Å². The fraction of sp³-hybridized carbons (Fsp3) is 0.379. The number of aliphatic hydroxyl groups excluding tert-OH is 1. The van der Waals surface area contributed by atoms with E-state index in [4.69, 9.17) is 0 Å².